The number of benzene rings is 2. The third-order valence-electron chi connectivity index (χ3n) is 4.74. The number of carbonyl (C=O) groups excluding carboxylic acids is 1. The van der Waals surface area contributed by atoms with Crippen LogP contribution < -0.4 is 10.1 Å². The number of aromatic nitrogens is 2. The van der Waals surface area contributed by atoms with Crippen LogP contribution in [-0.4, -0.2) is 27.9 Å². The number of rotatable bonds is 4. The smallest absolute Gasteiger partial charge is 0.226 e. The Hall–Kier alpha value is -2.99. The first-order valence-corrected chi connectivity index (χ1v) is 8.90. The number of aromatic hydroxyl groups is 1. The van der Waals surface area contributed by atoms with Gasteiger partial charge >= 0.3 is 0 Å². The molecule has 2 heterocycles. The van der Waals surface area contributed by atoms with E-state index in [-0.39, 0.29) is 17.6 Å². The predicted octanol–water partition coefficient (Wildman–Crippen LogP) is 3.77. The predicted molar refractivity (Wildman–Crippen MR) is 103 cm³/mol. The molecule has 1 aromatic heterocycles. The molecule has 2 N–H and O–H groups in total. The number of phenolic OH excluding ortho intramolecular Hbond substituents is 1. The molecule has 27 heavy (non-hydrogen) atoms. The molecule has 1 atom stereocenters. The summed E-state index contributed by atoms with van der Waals surface area (Å²) in [6.45, 7) is 0.521. The van der Waals surface area contributed by atoms with Crippen LogP contribution in [0, 0.1) is 0 Å². The SMILES string of the molecule is COc1ccc(C2CC(=O)Nc3c2cnn3Cc2ccc(Cl)cc2)cc1O. The highest BCUT2D eigenvalue weighted by molar-refractivity contribution is 6.30. The molecule has 0 fully saturated rings. The fraction of sp³-hybridized carbons (Fsp3) is 0.200. The highest BCUT2D eigenvalue weighted by Gasteiger charge is 2.30. The van der Waals surface area contributed by atoms with E-state index in [1.807, 2.05) is 30.3 Å². The van der Waals surface area contributed by atoms with Gasteiger partial charge in [0, 0.05) is 22.9 Å². The first-order chi connectivity index (χ1) is 13.0. The van der Waals surface area contributed by atoms with E-state index in [2.05, 4.69) is 10.4 Å². The Bertz CT molecular complexity index is 998. The molecule has 4 rings (SSSR count). The monoisotopic (exact) mass is 383 g/mol. The summed E-state index contributed by atoms with van der Waals surface area (Å²) in [5.74, 6) is 0.875. The van der Waals surface area contributed by atoms with Crippen LogP contribution in [0.5, 0.6) is 11.5 Å². The van der Waals surface area contributed by atoms with Crippen LogP contribution in [0.15, 0.2) is 48.7 Å². The molecule has 6 nitrogen and oxygen atoms in total. The maximum atomic E-state index is 12.3. The van der Waals surface area contributed by atoms with Crippen LogP contribution in [0.25, 0.3) is 0 Å². The van der Waals surface area contributed by atoms with Gasteiger partial charge in [-0.2, -0.15) is 5.10 Å². The van der Waals surface area contributed by atoms with Gasteiger partial charge < -0.3 is 15.2 Å². The van der Waals surface area contributed by atoms with E-state index in [4.69, 9.17) is 16.3 Å². The molecule has 1 aliphatic heterocycles. The van der Waals surface area contributed by atoms with Crippen molar-refractivity contribution in [1.82, 2.24) is 9.78 Å². The van der Waals surface area contributed by atoms with Gasteiger partial charge in [0.25, 0.3) is 0 Å². The van der Waals surface area contributed by atoms with E-state index in [1.54, 1.807) is 23.0 Å². The minimum absolute atomic E-state index is 0.0519. The Balaban J connectivity index is 1.69. The standard InChI is InChI=1S/C20H18ClN3O3/c1-27-18-7-4-13(8-17(18)25)15-9-19(26)23-20-16(15)10-22-24(20)11-12-2-5-14(21)6-3-12/h2-8,10,15,25H,9,11H2,1H3,(H,23,26). The lowest BCUT2D eigenvalue weighted by atomic mass is 9.87. The van der Waals surface area contributed by atoms with Crippen molar-refractivity contribution in [3.05, 3.63) is 70.4 Å². The van der Waals surface area contributed by atoms with Crippen LogP contribution in [0.2, 0.25) is 5.02 Å². The highest BCUT2D eigenvalue weighted by Crippen LogP contribution is 2.39. The summed E-state index contributed by atoms with van der Waals surface area (Å²) in [5, 5.41) is 18.2. The molecule has 138 valence electrons. The minimum Gasteiger partial charge on any atom is -0.504 e. The van der Waals surface area contributed by atoms with Gasteiger partial charge in [0.05, 0.1) is 19.9 Å². The van der Waals surface area contributed by atoms with Gasteiger partial charge in [0.1, 0.15) is 5.82 Å². The second-order valence-electron chi connectivity index (χ2n) is 6.47. The molecule has 1 unspecified atom stereocenters. The van der Waals surface area contributed by atoms with E-state index < -0.39 is 0 Å². The molecule has 3 aromatic rings. The van der Waals surface area contributed by atoms with Gasteiger partial charge in [-0.15, -0.1) is 0 Å². The van der Waals surface area contributed by atoms with Crippen molar-refractivity contribution in [2.24, 2.45) is 0 Å². The lowest BCUT2D eigenvalue weighted by molar-refractivity contribution is -0.116. The summed E-state index contributed by atoms with van der Waals surface area (Å²) in [4.78, 5) is 12.3. The zero-order valence-corrected chi connectivity index (χ0v) is 15.4. The van der Waals surface area contributed by atoms with Crippen molar-refractivity contribution >= 4 is 23.3 Å². The maximum absolute atomic E-state index is 12.3. The van der Waals surface area contributed by atoms with E-state index in [9.17, 15) is 9.90 Å². The van der Waals surface area contributed by atoms with Gasteiger partial charge in [-0.1, -0.05) is 29.8 Å². The van der Waals surface area contributed by atoms with Gasteiger partial charge in [-0.25, -0.2) is 4.68 Å². The highest BCUT2D eigenvalue weighted by atomic mass is 35.5. The minimum atomic E-state index is -0.176. The number of anilines is 1. The molecule has 0 radical (unpaired) electrons. The zero-order chi connectivity index (χ0) is 19.0. The summed E-state index contributed by atoms with van der Waals surface area (Å²) in [6, 6.07) is 12.7. The van der Waals surface area contributed by atoms with Crippen LogP contribution in [-0.2, 0) is 11.3 Å². The van der Waals surface area contributed by atoms with E-state index in [0.717, 1.165) is 16.7 Å². The van der Waals surface area contributed by atoms with Gasteiger partial charge in [-0.05, 0) is 35.4 Å². The fourth-order valence-corrected chi connectivity index (χ4v) is 3.50. The molecule has 7 heteroatoms. The quantitative estimate of drug-likeness (QED) is 0.719. The number of hydrogen-bond acceptors (Lipinski definition) is 4. The van der Waals surface area contributed by atoms with Gasteiger partial charge in [0.15, 0.2) is 11.5 Å². The van der Waals surface area contributed by atoms with Crippen molar-refractivity contribution in [3.8, 4) is 11.5 Å². The second kappa shape index (κ2) is 6.96. The number of phenols is 1. The number of halogens is 1. The van der Waals surface area contributed by atoms with Crippen LogP contribution in [0.3, 0.4) is 0 Å². The average Bonchev–Trinajstić information content (AvgIpc) is 3.05. The number of carbonyl (C=O) groups is 1. The third-order valence-corrected chi connectivity index (χ3v) is 4.99. The number of amides is 1. The number of hydrogen-bond donors (Lipinski definition) is 2. The Morgan fingerprint density at radius 3 is 2.78 bits per heavy atom. The molecule has 0 aliphatic carbocycles. The van der Waals surface area contributed by atoms with Crippen molar-refractivity contribution in [1.29, 1.82) is 0 Å². The summed E-state index contributed by atoms with van der Waals surface area (Å²) >= 11 is 5.94. The van der Waals surface area contributed by atoms with E-state index in [1.165, 1.54) is 7.11 Å². The van der Waals surface area contributed by atoms with Crippen LogP contribution >= 0.6 is 11.6 Å². The molecule has 0 saturated heterocycles. The van der Waals surface area contributed by atoms with E-state index >= 15 is 0 Å². The first kappa shape index (κ1) is 17.4. The zero-order valence-electron chi connectivity index (χ0n) is 14.6. The van der Waals surface area contributed by atoms with Crippen molar-refractivity contribution in [2.75, 3.05) is 12.4 Å². The summed E-state index contributed by atoms with van der Waals surface area (Å²) in [5.41, 5.74) is 2.80. The lowest BCUT2D eigenvalue weighted by Crippen LogP contribution is -2.25. The third kappa shape index (κ3) is 3.36. The summed E-state index contributed by atoms with van der Waals surface area (Å²) < 4.78 is 6.87. The topological polar surface area (TPSA) is 76.4 Å². The van der Waals surface area contributed by atoms with Crippen molar-refractivity contribution in [3.63, 3.8) is 0 Å². The molecule has 0 spiro atoms. The molecule has 0 bridgehead atoms. The Morgan fingerprint density at radius 1 is 1.30 bits per heavy atom. The Kier molecular flexibility index (Phi) is 4.49. The van der Waals surface area contributed by atoms with Crippen LogP contribution in [0.1, 0.15) is 29.0 Å². The Labute approximate surface area is 161 Å². The van der Waals surface area contributed by atoms with Gasteiger partial charge in [0.2, 0.25) is 5.91 Å². The maximum Gasteiger partial charge on any atom is 0.226 e. The first-order valence-electron chi connectivity index (χ1n) is 8.52. The number of nitrogens with one attached hydrogen (secondary N) is 1. The van der Waals surface area contributed by atoms with Crippen LogP contribution in [0.4, 0.5) is 5.82 Å². The summed E-state index contributed by atoms with van der Waals surface area (Å²) in [7, 11) is 1.50. The van der Waals surface area contributed by atoms with Gasteiger partial charge in [-0.3, -0.25) is 4.79 Å². The Morgan fingerprint density at radius 2 is 2.07 bits per heavy atom. The number of methoxy groups -OCH3 is 1. The lowest BCUT2D eigenvalue weighted by Gasteiger charge is -2.24. The number of ether oxygens (including phenoxy) is 1. The average molecular weight is 384 g/mol. The fourth-order valence-electron chi connectivity index (χ4n) is 3.37. The van der Waals surface area contributed by atoms with E-state index in [0.29, 0.717) is 29.6 Å². The molecule has 1 aliphatic rings. The second-order valence-corrected chi connectivity index (χ2v) is 6.91. The largest absolute Gasteiger partial charge is 0.504 e. The normalized spacial score (nSPS) is 15.9. The molecule has 0 saturated carbocycles. The van der Waals surface area contributed by atoms with Crippen molar-refractivity contribution < 1.29 is 14.6 Å². The van der Waals surface area contributed by atoms with Crippen molar-refractivity contribution in [2.45, 2.75) is 18.9 Å². The number of fused-ring (bicyclic) bond motifs is 1. The molecule has 1 amide bonds. The number of nitrogens with zero attached hydrogens (tertiary/aromatic N) is 2. The molecular formula is C20H18ClN3O3. The summed E-state index contributed by atoms with van der Waals surface area (Å²) in [6.07, 6.45) is 2.07. The molecular weight excluding hydrogens is 366 g/mol. The molecule has 2 aromatic carbocycles.